The van der Waals surface area contributed by atoms with Gasteiger partial charge in [0.1, 0.15) is 6.04 Å². The molecule has 0 bridgehead atoms. The number of hydrogen-bond donors (Lipinski definition) is 1. The highest BCUT2D eigenvalue weighted by Crippen LogP contribution is 2.19. The van der Waals surface area contributed by atoms with Gasteiger partial charge in [-0.05, 0) is 34.5 Å². The molecule has 134 valence electrons. The molecular formula is C22H18N2O3. The van der Waals surface area contributed by atoms with Crippen molar-refractivity contribution >= 4 is 22.6 Å². The van der Waals surface area contributed by atoms with Gasteiger partial charge in [-0.1, -0.05) is 48.5 Å². The van der Waals surface area contributed by atoms with Gasteiger partial charge in [-0.25, -0.2) is 4.79 Å². The van der Waals surface area contributed by atoms with Gasteiger partial charge < -0.3 is 10.1 Å². The number of rotatable bonds is 5. The molecule has 0 aliphatic heterocycles. The number of benzene rings is 3. The van der Waals surface area contributed by atoms with Gasteiger partial charge in [0.05, 0.1) is 18.7 Å². The molecule has 1 amide bonds. The first-order valence-corrected chi connectivity index (χ1v) is 8.48. The Morgan fingerprint density at radius 2 is 1.74 bits per heavy atom. The summed E-state index contributed by atoms with van der Waals surface area (Å²) >= 11 is 0. The highest BCUT2D eigenvalue weighted by atomic mass is 16.5. The second-order valence-electron chi connectivity index (χ2n) is 6.09. The molecule has 0 fully saturated rings. The van der Waals surface area contributed by atoms with Crippen LogP contribution in [0.15, 0.2) is 66.7 Å². The number of nitrogens with zero attached hydrogens (tertiary/aromatic N) is 1. The number of esters is 1. The Bertz CT molecular complexity index is 1010. The summed E-state index contributed by atoms with van der Waals surface area (Å²) in [6.07, 6.45) is 0.273. The van der Waals surface area contributed by atoms with Crippen molar-refractivity contribution < 1.29 is 14.3 Å². The predicted molar refractivity (Wildman–Crippen MR) is 102 cm³/mol. The van der Waals surface area contributed by atoms with E-state index in [0.29, 0.717) is 11.1 Å². The smallest absolute Gasteiger partial charge is 0.328 e. The Labute approximate surface area is 157 Å². The van der Waals surface area contributed by atoms with E-state index in [0.717, 1.165) is 16.3 Å². The van der Waals surface area contributed by atoms with Gasteiger partial charge in [0.25, 0.3) is 5.91 Å². The zero-order chi connectivity index (χ0) is 19.2. The van der Waals surface area contributed by atoms with Crippen LogP contribution in [-0.2, 0) is 16.0 Å². The number of fused-ring (bicyclic) bond motifs is 1. The van der Waals surface area contributed by atoms with Crippen LogP contribution in [0.2, 0.25) is 0 Å². The van der Waals surface area contributed by atoms with Crippen LogP contribution in [0.1, 0.15) is 21.5 Å². The van der Waals surface area contributed by atoms with Gasteiger partial charge in [0, 0.05) is 12.0 Å². The van der Waals surface area contributed by atoms with Crippen molar-refractivity contribution in [1.29, 1.82) is 5.26 Å². The number of ether oxygens (including phenoxy) is 1. The van der Waals surface area contributed by atoms with Crippen LogP contribution in [0.25, 0.3) is 10.8 Å². The molecule has 0 aliphatic carbocycles. The van der Waals surface area contributed by atoms with Gasteiger partial charge >= 0.3 is 5.97 Å². The third-order valence-electron chi connectivity index (χ3n) is 4.35. The highest BCUT2D eigenvalue weighted by Gasteiger charge is 2.23. The van der Waals surface area contributed by atoms with E-state index in [1.165, 1.54) is 7.11 Å². The van der Waals surface area contributed by atoms with Gasteiger partial charge in [-0.3, -0.25) is 4.79 Å². The molecule has 1 atom stereocenters. The molecule has 3 aromatic rings. The summed E-state index contributed by atoms with van der Waals surface area (Å²) in [4.78, 5) is 25.0. The maximum atomic E-state index is 12.8. The lowest BCUT2D eigenvalue weighted by atomic mass is 10.0. The fourth-order valence-electron chi connectivity index (χ4n) is 2.95. The Morgan fingerprint density at radius 1 is 1.04 bits per heavy atom. The zero-order valence-electron chi connectivity index (χ0n) is 14.8. The van der Waals surface area contributed by atoms with E-state index in [9.17, 15) is 9.59 Å². The monoisotopic (exact) mass is 358 g/mol. The van der Waals surface area contributed by atoms with E-state index >= 15 is 0 Å². The van der Waals surface area contributed by atoms with Crippen LogP contribution in [0, 0.1) is 11.3 Å². The molecule has 0 aliphatic rings. The van der Waals surface area contributed by atoms with Gasteiger partial charge in [0.2, 0.25) is 0 Å². The van der Waals surface area contributed by atoms with Gasteiger partial charge in [-0.2, -0.15) is 5.26 Å². The summed E-state index contributed by atoms with van der Waals surface area (Å²) in [7, 11) is 1.29. The third kappa shape index (κ3) is 4.13. The minimum Gasteiger partial charge on any atom is -0.467 e. The molecule has 3 rings (SSSR count). The number of carbonyl (C=O) groups is 2. The number of nitrogens with one attached hydrogen (secondary N) is 1. The van der Waals surface area contributed by atoms with Crippen LogP contribution in [-0.4, -0.2) is 25.0 Å². The summed E-state index contributed by atoms with van der Waals surface area (Å²) in [5.74, 6) is -0.858. The Balaban J connectivity index is 1.84. The molecule has 3 aromatic carbocycles. The number of hydrogen-bond acceptors (Lipinski definition) is 4. The maximum absolute atomic E-state index is 12.8. The third-order valence-corrected chi connectivity index (χ3v) is 4.35. The number of amides is 1. The van der Waals surface area contributed by atoms with Crippen molar-refractivity contribution in [2.45, 2.75) is 12.5 Å². The summed E-state index contributed by atoms with van der Waals surface area (Å²) in [6, 6.07) is 21.2. The molecule has 0 aromatic heterocycles. The topological polar surface area (TPSA) is 79.2 Å². The normalized spacial score (nSPS) is 11.4. The zero-order valence-corrected chi connectivity index (χ0v) is 14.8. The standard InChI is InChI=1S/C22H18N2O3/c1-27-22(26)20(13-15-9-11-16(14-23)12-10-15)24-21(25)19-8-4-6-17-5-2-3-7-18(17)19/h2-12,20H,13H2,1H3,(H,24,25)/t20-/m1/s1. The second-order valence-corrected chi connectivity index (χ2v) is 6.09. The van der Waals surface area contributed by atoms with Crippen LogP contribution in [0.3, 0.4) is 0 Å². The Morgan fingerprint density at radius 3 is 2.44 bits per heavy atom. The minimum atomic E-state index is -0.825. The lowest BCUT2D eigenvalue weighted by Crippen LogP contribution is -2.43. The van der Waals surface area contributed by atoms with Crippen molar-refractivity contribution in [2.24, 2.45) is 0 Å². The van der Waals surface area contributed by atoms with E-state index in [4.69, 9.17) is 10.00 Å². The molecule has 27 heavy (non-hydrogen) atoms. The maximum Gasteiger partial charge on any atom is 0.328 e. The summed E-state index contributed by atoms with van der Waals surface area (Å²) < 4.78 is 4.85. The van der Waals surface area contributed by atoms with Gasteiger partial charge in [-0.15, -0.1) is 0 Å². The van der Waals surface area contributed by atoms with Crippen molar-refractivity contribution in [3.05, 3.63) is 83.4 Å². The fraction of sp³-hybridized carbons (Fsp3) is 0.136. The SMILES string of the molecule is COC(=O)[C@@H](Cc1ccc(C#N)cc1)NC(=O)c1cccc2ccccc12. The van der Waals surface area contributed by atoms with Gasteiger partial charge in [0.15, 0.2) is 0 Å². The lowest BCUT2D eigenvalue weighted by molar-refractivity contribution is -0.142. The van der Waals surface area contributed by atoms with E-state index in [-0.39, 0.29) is 12.3 Å². The lowest BCUT2D eigenvalue weighted by Gasteiger charge is -2.17. The molecule has 0 unspecified atom stereocenters. The van der Waals surface area contributed by atoms with Crippen molar-refractivity contribution in [1.82, 2.24) is 5.32 Å². The first kappa shape index (κ1) is 18.2. The molecule has 0 radical (unpaired) electrons. The van der Waals surface area contributed by atoms with E-state index < -0.39 is 12.0 Å². The first-order valence-electron chi connectivity index (χ1n) is 8.48. The first-order chi connectivity index (χ1) is 13.1. The number of carbonyl (C=O) groups excluding carboxylic acids is 2. The summed E-state index contributed by atoms with van der Waals surface area (Å²) in [5, 5.41) is 13.4. The average molecular weight is 358 g/mol. The van der Waals surface area contributed by atoms with Crippen LogP contribution >= 0.6 is 0 Å². The molecule has 0 saturated heterocycles. The summed E-state index contributed by atoms with van der Waals surface area (Å²) in [6.45, 7) is 0. The number of methoxy groups -OCH3 is 1. The fourth-order valence-corrected chi connectivity index (χ4v) is 2.95. The van der Waals surface area contributed by atoms with Crippen LogP contribution < -0.4 is 5.32 Å². The molecule has 1 N–H and O–H groups in total. The summed E-state index contributed by atoms with van der Waals surface area (Å²) in [5.41, 5.74) is 1.86. The number of nitriles is 1. The molecular weight excluding hydrogens is 340 g/mol. The predicted octanol–water partition coefficient (Wildman–Crippen LogP) is 3.23. The quantitative estimate of drug-likeness (QED) is 0.710. The van der Waals surface area contributed by atoms with Crippen molar-refractivity contribution in [2.75, 3.05) is 7.11 Å². The second kappa shape index (κ2) is 8.15. The molecule has 5 heteroatoms. The molecule has 0 spiro atoms. The molecule has 0 saturated carbocycles. The Hall–Kier alpha value is -3.65. The van der Waals surface area contributed by atoms with Crippen molar-refractivity contribution in [3.63, 3.8) is 0 Å². The van der Waals surface area contributed by atoms with E-state index in [2.05, 4.69) is 11.4 Å². The molecule has 5 nitrogen and oxygen atoms in total. The van der Waals surface area contributed by atoms with Crippen LogP contribution in [0.5, 0.6) is 0 Å². The Kier molecular flexibility index (Phi) is 5.48. The average Bonchev–Trinajstić information content (AvgIpc) is 2.72. The van der Waals surface area contributed by atoms with Crippen molar-refractivity contribution in [3.8, 4) is 6.07 Å². The highest BCUT2D eigenvalue weighted by molar-refractivity contribution is 6.08. The minimum absolute atomic E-state index is 0.273. The van der Waals surface area contributed by atoms with E-state index in [1.807, 2.05) is 36.4 Å². The van der Waals surface area contributed by atoms with E-state index in [1.54, 1.807) is 30.3 Å². The largest absolute Gasteiger partial charge is 0.467 e. The van der Waals surface area contributed by atoms with Crippen LogP contribution in [0.4, 0.5) is 0 Å². The molecule has 0 heterocycles.